The van der Waals surface area contributed by atoms with Crippen molar-refractivity contribution in [3.63, 3.8) is 0 Å². The Labute approximate surface area is 164 Å². The van der Waals surface area contributed by atoms with Gasteiger partial charge in [0, 0.05) is 30.6 Å². The van der Waals surface area contributed by atoms with Gasteiger partial charge in [-0.3, -0.25) is 9.20 Å². The summed E-state index contributed by atoms with van der Waals surface area (Å²) >= 11 is 0. The first-order valence-electron chi connectivity index (χ1n) is 8.80. The van der Waals surface area contributed by atoms with Crippen LogP contribution >= 0.6 is 12.4 Å². The number of benzene rings is 2. The molecule has 0 aliphatic rings. The number of hydrogen-bond acceptors (Lipinski definition) is 2. The van der Waals surface area contributed by atoms with Crippen molar-refractivity contribution in [3.8, 4) is 0 Å². The average Bonchev–Trinajstić information content (AvgIpc) is 2.98. The molecule has 0 aliphatic carbocycles. The van der Waals surface area contributed by atoms with E-state index in [9.17, 15) is 4.79 Å². The van der Waals surface area contributed by atoms with E-state index in [0.717, 1.165) is 11.4 Å². The second-order valence-electron chi connectivity index (χ2n) is 6.61. The van der Waals surface area contributed by atoms with E-state index in [-0.39, 0.29) is 23.9 Å². The van der Waals surface area contributed by atoms with Crippen molar-refractivity contribution in [2.75, 3.05) is 0 Å². The standard InChI is InChI=1S/C22H21N3O.ClH/c1-16-17(2)25-14-13-24(22(26)21(25)23-16)15-20(18-9-5-3-6-10-18)19-11-7-4-8-12-19;/h3-14,20H,15H2,1-2H3;1H. The van der Waals surface area contributed by atoms with Gasteiger partial charge in [-0.05, 0) is 25.0 Å². The van der Waals surface area contributed by atoms with E-state index in [0.29, 0.717) is 12.2 Å². The molecule has 4 nitrogen and oxygen atoms in total. The van der Waals surface area contributed by atoms with Crippen LogP contribution in [0, 0.1) is 13.8 Å². The van der Waals surface area contributed by atoms with Crippen LogP contribution in [0.4, 0.5) is 0 Å². The van der Waals surface area contributed by atoms with Gasteiger partial charge in [0.2, 0.25) is 5.65 Å². The highest BCUT2D eigenvalue weighted by Gasteiger charge is 2.17. The SMILES string of the molecule is Cc1nc2c(=O)n(CC(c3ccccc3)c3ccccc3)ccn2c1C.Cl. The molecule has 27 heavy (non-hydrogen) atoms. The monoisotopic (exact) mass is 379 g/mol. The zero-order chi connectivity index (χ0) is 18.1. The summed E-state index contributed by atoms with van der Waals surface area (Å²) in [6.45, 7) is 4.49. The minimum Gasteiger partial charge on any atom is -0.310 e. The molecule has 0 unspecified atom stereocenters. The molecule has 2 aromatic heterocycles. The smallest absolute Gasteiger partial charge is 0.294 e. The number of fused-ring (bicyclic) bond motifs is 1. The van der Waals surface area contributed by atoms with E-state index < -0.39 is 0 Å². The van der Waals surface area contributed by atoms with E-state index in [1.165, 1.54) is 11.1 Å². The maximum Gasteiger partial charge on any atom is 0.294 e. The fourth-order valence-corrected chi connectivity index (χ4v) is 3.42. The van der Waals surface area contributed by atoms with E-state index >= 15 is 0 Å². The first kappa shape index (κ1) is 18.9. The van der Waals surface area contributed by atoms with Gasteiger partial charge in [-0.1, -0.05) is 60.7 Å². The lowest BCUT2D eigenvalue weighted by atomic mass is 9.91. The normalized spacial score (nSPS) is 10.9. The molecule has 4 rings (SSSR count). The molecule has 0 atom stereocenters. The molecule has 2 heterocycles. The molecule has 0 saturated heterocycles. The van der Waals surface area contributed by atoms with Crippen molar-refractivity contribution in [2.24, 2.45) is 0 Å². The second kappa shape index (κ2) is 7.80. The van der Waals surface area contributed by atoms with Crippen LogP contribution in [-0.4, -0.2) is 14.0 Å². The third kappa shape index (κ3) is 3.53. The van der Waals surface area contributed by atoms with E-state index in [2.05, 4.69) is 29.2 Å². The molecule has 4 aromatic rings. The van der Waals surface area contributed by atoms with E-state index in [1.54, 1.807) is 4.57 Å². The largest absolute Gasteiger partial charge is 0.310 e. The van der Waals surface area contributed by atoms with Crippen molar-refractivity contribution in [1.29, 1.82) is 0 Å². The Morgan fingerprint density at radius 3 is 2.00 bits per heavy atom. The number of nitrogens with zero attached hydrogens (tertiary/aromatic N) is 3. The van der Waals surface area contributed by atoms with Gasteiger partial charge in [0.05, 0.1) is 5.69 Å². The molecule has 0 N–H and O–H groups in total. The summed E-state index contributed by atoms with van der Waals surface area (Å²) in [5.41, 5.74) is 4.72. The number of imidazole rings is 1. The third-order valence-electron chi connectivity index (χ3n) is 5.02. The molecule has 0 radical (unpaired) electrons. The van der Waals surface area contributed by atoms with Crippen molar-refractivity contribution in [2.45, 2.75) is 26.3 Å². The predicted octanol–water partition coefficient (Wildman–Crippen LogP) is 4.37. The average molecular weight is 380 g/mol. The van der Waals surface area contributed by atoms with Gasteiger partial charge in [0.1, 0.15) is 0 Å². The Balaban J connectivity index is 0.00000210. The zero-order valence-corrected chi connectivity index (χ0v) is 16.2. The Hall–Kier alpha value is -2.85. The van der Waals surface area contributed by atoms with Crippen LogP contribution in [0.25, 0.3) is 5.65 Å². The van der Waals surface area contributed by atoms with Crippen LogP contribution in [0.1, 0.15) is 28.4 Å². The van der Waals surface area contributed by atoms with E-state index in [1.807, 2.05) is 67.0 Å². The van der Waals surface area contributed by atoms with Gasteiger partial charge in [0.15, 0.2) is 0 Å². The second-order valence-corrected chi connectivity index (χ2v) is 6.61. The lowest BCUT2D eigenvalue weighted by Gasteiger charge is -2.19. The molecule has 0 amide bonds. The number of hydrogen-bond donors (Lipinski definition) is 0. The number of aryl methyl sites for hydroxylation is 2. The zero-order valence-electron chi connectivity index (χ0n) is 15.4. The highest BCUT2D eigenvalue weighted by atomic mass is 35.5. The topological polar surface area (TPSA) is 39.3 Å². The summed E-state index contributed by atoms with van der Waals surface area (Å²) in [4.78, 5) is 17.4. The molecule has 5 heteroatoms. The summed E-state index contributed by atoms with van der Waals surface area (Å²) in [5, 5.41) is 0. The number of halogens is 1. The maximum absolute atomic E-state index is 13.0. The molecule has 0 fully saturated rings. The summed E-state index contributed by atoms with van der Waals surface area (Å²) in [7, 11) is 0. The van der Waals surface area contributed by atoms with Crippen LogP contribution in [0.3, 0.4) is 0 Å². The fraction of sp³-hybridized carbons (Fsp3) is 0.182. The molecular formula is C22H22ClN3O. The van der Waals surface area contributed by atoms with E-state index in [4.69, 9.17) is 0 Å². The molecule has 2 aromatic carbocycles. The van der Waals surface area contributed by atoms with Crippen molar-refractivity contribution in [3.05, 3.63) is 106 Å². The maximum atomic E-state index is 13.0. The van der Waals surface area contributed by atoms with Gasteiger partial charge in [-0.25, -0.2) is 4.98 Å². The molecular weight excluding hydrogens is 358 g/mol. The Morgan fingerprint density at radius 1 is 0.889 bits per heavy atom. The first-order chi connectivity index (χ1) is 12.6. The van der Waals surface area contributed by atoms with Gasteiger partial charge in [-0.2, -0.15) is 0 Å². The molecule has 0 aliphatic heterocycles. The van der Waals surface area contributed by atoms with Crippen LogP contribution in [-0.2, 0) is 6.54 Å². The quantitative estimate of drug-likeness (QED) is 0.528. The third-order valence-corrected chi connectivity index (χ3v) is 5.02. The van der Waals surface area contributed by atoms with Crippen molar-refractivity contribution in [1.82, 2.24) is 14.0 Å². The highest BCUT2D eigenvalue weighted by molar-refractivity contribution is 5.85. The summed E-state index contributed by atoms with van der Waals surface area (Å²) in [6.07, 6.45) is 3.79. The number of aromatic nitrogens is 3. The van der Waals surface area contributed by atoms with Crippen LogP contribution in [0.2, 0.25) is 0 Å². The molecule has 0 spiro atoms. The van der Waals surface area contributed by atoms with Crippen LogP contribution in [0.15, 0.2) is 77.9 Å². The molecule has 0 saturated carbocycles. The predicted molar refractivity (Wildman–Crippen MR) is 111 cm³/mol. The van der Waals surface area contributed by atoms with Crippen molar-refractivity contribution < 1.29 is 0 Å². The van der Waals surface area contributed by atoms with Crippen LogP contribution < -0.4 is 5.56 Å². The Kier molecular flexibility index (Phi) is 5.47. The summed E-state index contributed by atoms with van der Waals surface area (Å²) in [6, 6.07) is 20.7. The summed E-state index contributed by atoms with van der Waals surface area (Å²) < 4.78 is 3.64. The van der Waals surface area contributed by atoms with Gasteiger partial charge >= 0.3 is 0 Å². The fourth-order valence-electron chi connectivity index (χ4n) is 3.42. The Morgan fingerprint density at radius 2 is 1.44 bits per heavy atom. The van der Waals surface area contributed by atoms with Crippen LogP contribution in [0.5, 0.6) is 0 Å². The lowest BCUT2D eigenvalue weighted by Crippen LogP contribution is -2.25. The summed E-state index contributed by atoms with van der Waals surface area (Å²) in [5.74, 6) is 0.106. The molecule has 0 bridgehead atoms. The van der Waals surface area contributed by atoms with Gasteiger partial charge in [-0.15, -0.1) is 12.4 Å². The van der Waals surface area contributed by atoms with Gasteiger partial charge < -0.3 is 4.57 Å². The minimum absolute atomic E-state index is 0. The van der Waals surface area contributed by atoms with Gasteiger partial charge in [0.25, 0.3) is 5.56 Å². The first-order valence-corrected chi connectivity index (χ1v) is 8.80. The lowest BCUT2D eigenvalue weighted by molar-refractivity contribution is 0.602. The minimum atomic E-state index is -0.0550. The molecule has 138 valence electrons. The highest BCUT2D eigenvalue weighted by Crippen LogP contribution is 2.26. The Bertz CT molecular complexity index is 1060. The number of rotatable bonds is 4. The van der Waals surface area contributed by atoms with Crippen molar-refractivity contribution >= 4 is 18.1 Å².